The Labute approximate surface area is 200 Å². The average molecular weight is 470 g/mol. The van der Waals surface area contributed by atoms with E-state index in [2.05, 4.69) is 43.1 Å². The predicted molar refractivity (Wildman–Crippen MR) is 127 cm³/mol. The van der Waals surface area contributed by atoms with Gasteiger partial charge in [0.25, 0.3) is 5.91 Å². The maximum atomic E-state index is 13.9. The fourth-order valence-corrected chi connectivity index (χ4v) is 4.57. The number of hydrogen-bond donors (Lipinski definition) is 3. The molecule has 0 bridgehead atoms. The Morgan fingerprint density at radius 3 is 2.89 bits per heavy atom. The topological polar surface area (TPSA) is 141 Å². The number of nitrogens with two attached hydrogens (primary N) is 1. The summed E-state index contributed by atoms with van der Waals surface area (Å²) in [6.07, 6.45) is 6.07. The van der Waals surface area contributed by atoms with Gasteiger partial charge in [0.15, 0.2) is 22.6 Å². The lowest BCUT2D eigenvalue weighted by atomic mass is 9.90. The minimum atomic E-state index is -1.19. The van der Waals surface area contributed by atoms with Gasteiger partial charge in [0.05, 0.1) is 11.6 Å². The molecule has 0 aliphatic carbocycles. The molecule has 1 fully saturated rings. The summed E-state index contributed by atoms with van der Waals surface area (Å²) in [4.78, 5) is 23.0. The number of carbonyl (C=O) groups is 1. The summed E-state index contributed by atoms with van der Waals surface area (Å²) >= 11 is 0. The zero-order chi connectivity index (χ0) is 24.0. The van der Waals surface area contributed by atoms with Crippen LogP contribution in [0.2, 0.25) is 0 Å². The highest BCUT2D eigenvalue weighted by atomic mass is 16.3. The van der Waals surface area contributed by atoms with Crippen LogP contribution in [0.3, 0.4) is 0 Å². The summed E-state index contributed by atoms with van der Waals surface area (Å²) in [5.41, 5.74) is 6.74. The molecule has 4 N–H and O–H groups in total. The lowest BCUT2D eigenvalue weighted by molar-refractivity contribution is -0.128. The molecule has 2 atom stereocenters. The highest BCUT2D eigenvalue weighted by molar-refractivity contribution is 5.94. The second-order valence-corrected chi connectivity index (χ2v) is 8.75. The molecule has 1 aliphatic rings. The molecule has 1 aromatic carbocycles. The first-order valence-electron chi connectivity index (χ1n) is 11.4. The predicted octanol–water partition coefficient (Wildman–Crippen LogP) is 1.55. The van der Waals surface area contributed by atoms with Crippen molar-refractivity contribution in [1.82, 2.24) is 40.0 Å². The molecule has 0 saturated carbocycles. The lowest BCUT2D eigenvalue weighted by Gasteiger charge is -2.33. The molecule has 5 aromatic rings. The molecule has 1 aliphatic heterocycles. The normalized spacial score (nSPS) is 17.8. The zero-order valence-corrected chi connectivity index (χ0v) is 19.0. The first-order valence-corrected chi connectivity index (χ1v) is 11.4. The maximum Gasteiger partial charge on any atom is 0.252 e. The molecule has 0 radical (unpaired) electrons. The van der Waals surface area contributed by atoms with Gasteiger partial charge in [-0.2, -0.15) is 14.6 Å². The molecule has 176 valence electrons. The van der Waals surface area contributed by atoms with Gasteiger partial charge < -0.3 is 20.8 Å². The maximum absolute atomic E-state index is 13.9. The van der Waals surface area contributed by atoms with Crippen molar-refractivity contribution < 1.29 is 9.21 Å². The van der Waals surface area contributed by atoms with E-state index in [0.29, 0.717) is 28.3 Å². The quantitative estimate of drug-likeness (QED) is 0.352. The number of nitrogens with one attached hydrogen (secondary N) is 2. The van der Waals surface area contributed by atoms with Crippen LogP contribution >= 0.6 is 0 Å². The first kappa shape index (κ1) is 21.1. The van der Waals surface area contributed by atoms with Gasteiger partial charge in [0.2, 0.25) is 11.8 Å². The highest BCUT2D eigenvalue weighted by Crippen LogP contribution is 2.31. The number of benzene rings is 1. The fraction of sp³-hybridized carbons (Fsp3) is 0.292. The van der Waals surface area contributed by atoms with Crippen molar-refractivity contribution in [3.8, 4) is 11.6 Å². The molecular formula is C24H23N9O2. The van der Waals surface area contributed by atoms with Crippen molar-refractivity contribution in [2.45, 2.75) is 31.3 Å². The van der Waals surface area contributed by atoms with Gasteiger partial charge in [-0.3, -0.25) is 4.79 Å². The van der Waals surface area contributed by atoms with E-state index in [1.54, 1.807) is 16.9 Å². The van der Waals surface area contributed by atoms with E-state index in [1.165, 1.54) is 4.52 Å². The standard InChI is InChI=1S/C24H23N9O2/c1-24(15-7-3-2-4-8-15,22(34)28-16-9-5-11-26-13-16)33-21-17(14-27-33)20-29-19(18-10-6-12-35-18)31-32(20)23(25)30-21/h2-4,7-8,10,14,16,26H,5,9,11,13H2,1H3,(H2,25,30)(H,28,34)/t16-,24?/m1/s1. The average Bonchev–Trinajstić information content (AvgIpc) is 3.64. The van der Waals surface area contributed by atoms with Crippen LogP contribution in [0.15, 0.2) is 47.0 Å². The van der Waals surface area contributed by atoms with E-state index < -0.39 is 5.54 Å². The molecule has 11 nitrogen and oxygen atoms in total. The number of carbonyl (C=O) groups excluding carboxylic acids is 1. The monoisotopic (exact) mass is 469 g/mol. The van der Waals surface area contributed by atoms with Gasteiger partial charge in [0, 0.05) is 18.7 Å². The Balaban J connectivity index is 1.51. The van der Waals surface area contributed by atoms with Crippen LogP contribution in [0.1, 0.15) is 25.3 Å². The third-order valence-electron chi connectivity index (χ3n) is 6.51. The Bertz CT molecular complexity index is 1500. The van der Waals surface area contributed by atoms with E-state index in [0.717, 1.165) is 31.5 Å². The minimum absolute atomic E-state index is 0.0341. The van der Waals surface area contributed by atoms with E-state index >= 15 is 0 Å². The number of amides is 1. The number of hydrogen-bond acceptors (Lipinski definition) is 8. The number of anilines is 1. The van der Waals surface area contributed by atoms with Crippen LogP contribution in [0, 0.1) is 12.3 Å². The number of fused-ring (bicyclic) bond motifs is 3. The van der Waals surface area contributed by atoms with Crippen LogP contribution in [-0.4, -0.2) is 54.4 Å². The number of aromatic nitrogens is 6. The Kier molecular flexibility index (Phi) is 4.89. The number of nitrogens with zero attached hydrogens (tertiary/aromatic N) is 6. The van der Waals surface area contributed by atoms with Crippen LogP contribution in [0.4, 0.5) is 5.95 Å². The number of nitrogen functional groups attached to an aromatic ring is 1. The van der Waals surface area contributed by atoms with Gasteiger partial charge in [-0.05, 0) is 37.9 Å². The third kappa shape index (κ3) is 3.38. The van der Waals surface area contributed by atoms with Crippen molar-refractivity contribution >= 4 is 28.5 Å². The largest absolute Gasteiger partial charge is 0.402 e. The SMILES string of the molecule is CC(C(=O)N[C@@H]1CCCNC1)(c1ccccc1)n1ncc2c1nc(N)n1nc(-c3cc#co3)nc21. The zero-order valence-electron chi connectivity index (χ0n) is 19.0. The molecule has 1 amide bonds. The summed E-state index contributed by atoms with van der Waals surface area (Å²) < 4.78 is 8.31. The van der Waals surface area contributed by atoms with Gasteiger partial charge in [-0.25, -0.2) is 9.67 Å². The highest BCUT2D eigenvalue weighted by Gasteiger charge is 2.41. The number of rotatable bonds is 5. The summed E-state index contributed by atoms with van der Waals surface area (Å²) in [6, 6.07) is 13.9. The van der Waals surface area contributed by atoms with Gasteiger partial charge in [0.1, 0.15) is 6.26 Å². The molecule has 6 rings (SSSR count). The van der Waals surface area contributed by atoms with E-state index in [-0.39, 0.29) is 17.9 Å². The Morgan fingerprint density at radius 2 is 2.14 bits per heavy atom. The van der Waals surface area contributed by atoms with Crippen LogP contribution in [-0.2, 0) is 10.3 Å². The summed E-state index contributed by atoms with van der Waals surface area (Å²) in [7, 11) is 0. The molecule has 4 aromatic heterocycles. The van der Waals surface area contributed by atoms with Gasteiger partial charge in [-0.15, -0.1) is 5.10 Å². The van der Waals surface area contributed by atoms with E-state index in [4.69, 9.17) is 10.2 Å². The van der Waals surface area contributed by atoms with Gasteiger partial charge >= 0.3 is 0 Å². The van der Waals surface area contributed by atoms with E-state index in [1.807, 2.05) is 37.3 Å². The van der Waals surface area contributed by atoms with Gasteiger partial charge in [-0.1, -0.05) is 30.3 Å². The first-order chi connectivity index (χ1) is 17.1. The summed E-state index contributed by atoms with van der Waals surface area (Å²) in [5, 5.41) is 16.2. The lowest BCUT2D eigenvalue weighted by Crippen LogP contribution is -2.54. The van der Waals surface area contributed by atoms with Crippen molar-refractivity contribution in [1.29, 1.82) is 0 Å². The second kappa shape index (κ2) is 8.11. The fourth-order valence-electron chi connectivity index (χ4n) is 4.57. The van der Waals surface area contributed by atoms with Crippen LogP contribution < -0.4 is 16.4 Å². The van der Waals surface area contributed by atoms with E-state index in [9.17, 15) is 4.79 Å². The van der Waals surface area contributed by atoms with Crippen molar-refractivity contribution in [2.75, 3.05) is 18.8 Å². The molecule has 0 spiro atoms. The number of piperidine rings is 1. The minimum Gasteiger partial charge on any atom is -0.402 e. The Morgan fingerprint density at radius 1 is 1.29 bits per heavy atom. The third-order valence-corrected chi connectivity index (χ3v) is 6.51. The smallest absolute Gasteiger partial charge is 0.252 e. The summed E-state index contributed by atoms with van der Waals surface area (Å²) in [5.74, 6) is 0.666. The van der Waals surface area contributed by atoms with Crippen molar-refractivity contribution in [2.24, 2.45) is 0 Å². The Hall–Kier alpha value is -4.43. The van der Waals surface area contributed by atoms with Crippen LogP contribution in [0.25, 0.3) is 28.3 Å². The molecular weight excluding hydrogens is 446 g/mol. The van der Waals surface area contributed by atoms with Crippen LogP contribution in [0.5, 0.6) is 0 Å². The molecule has 35 heavy (non-hydrogen) atoms. The second-order valence-electron chi connectivity index (χ2n) is 8.75. The van der Waals surface area contributed by atoms with Crippen molar-refractivity contribution in [3.05, 3.63) is 60.5 Å². The summed E-state index contributed by atoms with van der Waals surface area (Å²) in [6.45, 7) is 3.53. The molecule has 11 heteroatoms. The molecule has 1 saturated heterocycles. The van der Waals surface area contributed by atoms with Crippen molar-refractivity contribution in [3.63, 3.8) is 0 Å². The molecule has 1 unspecified atom stereocenters. The molecule has 5 heterocycles.